The van der Waals surface area contributed by atoms with Crippen molar-refractivity contribution in [3.63, 3.8) is 0 Å². The maximum absolute atomic E-state index is 13.3. The summed E-state index contributed by atoms with van der Waals surface area (Å²) in [4.78, 5) is 78.4. The number of aliphatic imine (C=N–C) groups is 2. The van der Waals surface area contributed by atoms with E-state index in [1.165, 1.54) is 78.9 Å². The first-order chi connectivity index (χ1) is 38.0. The molecule has 6 aliphatic heterocycles. The number of pyridine rings is 2. The highest BCUT2D eigenvalue weighted by Gasteiger charge is 2.34. The summed E-state index contributed by atoms with van der Waals surface area (Å²) < 4.78 is 0. The Labute approximate surface area is 496 Å². The molecule has 5 N–H and O–H groups in total. The molecule has 12 rings (SSSR count). The number of fused-ring (bicyclic) bond motifs is 4. The Bertz CT molecular complexity index is 3400. The van der Waals surface area contributed by atoms with Gasteiger partial charge in [-0.3, -0.25) is 29.2 Å². The Morgan fingerprint density at radius 2 is 1.09 bits per heavy atom. The zero-order valence-electron chi connectivity index (χ0n) is 47.0. The van der Waals surface area contributed by atoms with Crippen molar-refractivity contribution in [3.8, 4) is 0 Å². The third-order valence-electron chi connectivity index (χ3n) is 16.0. The molecule has 0 saturated carbocycles. The van der Waals surface area contributed by atoms with Crippen LogP contribution < -0.4 is 22.2 Å². The summed E-state index contributed by atoms with van der Waals surface area (Å²) in [5.41, 5.74) is 18.5. The Morgan fingerprint density at radius 3 is 1.54 bits per heavy atom. The maximum atomic E-state index is 13.3. The average molecular weight is 1180 g/mol. The first-order valence-electron chi connectivity index (χ1n) is 28.2. The number of aromatic nitrogens is 2. The first-order valence-corrected chi connectivity index (χ1v) is 30.4. The predicted octanol–water partition coefficient (Wildman–Crippen LogP) is 11.5. The van der Waals surface area contributed by atoms with Crippen molar-refractivity contribution in [2.45, 2.75) is 126 Å². The Balaban J connectivity index is 0.000000181. The molecule has 2 unspecified atom stereocenters. The molecule has 10 heterocycles. The van der Waals surface area contributed by atoms with Gasteiger partial charge in [0.05, 0.1) is 44.6 Å². The van der Waals surface area contributed by atoms with Crippen LogP contribution in [0.4, 0.5) is 17.1 Å². The van der Waals surface area contributed by atoms with Gasteiger partial charge in [0.25, 0.3) is 22.9 Å². The molecule has 432 valence electrons. The van der Waals surface area contributed by atoms with E-state index in [1.54, 1.807) is 34.9 Å². The molecule has 6 aromatic rings. The summed E-state index contributed by atoms with van der Waals surface area (Å²) in [5, 5.41) is 8.20. The zero-order valence-corrected chi connectivity index (χ0v) is 50.2. The largest absolute Gasteiger partial charge is 0.381 e. The molecular formula is C63H80Cl2N10O4S2. The normalized spacial score (nSPS) is 17.6. The fraction of sp³-hybridized carbons (Fsp3) is 0.460. The topological polar surface area (TPSA) is 176 Å². The maximum Gasteiger partial charge on any atom is 0.259 e. The minimum Gasteiger partial charge on any atom is -0.381 e. The van der Waals surface area contributed by atoms with Gasteiger partial charge in [0.15, 0.2) is 0 Å². The number of amides is 2. The lowest BCUT2D eigenvalue weighted by molar-refractivity contribution is 0.0738. The predicted molar refractivity (Wildman–Crippen MR) is 337 cm³/mol. The number of nitrogens with zero attached hydrogens (tertiary/aromatic N) is 6. The van der Waals surface area contributed by atoms with Gasteiger partial charge in [0.2, 0.25) is 0 Å². The van der Waals surface area contributed by atoms with Gasteiger partial charge in [-0.05, 0) is 190 Å². The second-order valence-corrected chi connectivity index (χ2v) is 25.4. The molecule has 2 aromatic carbocycles. The summed E-state index contributed by atoms with van der Waals surface area (Å²) >= 11 is 9.81. The molecule has 2 amide bonds. The minimum absolute atomic E-state index is 0. The van der Waals surface area contributed by atoms with Crippen LogP contribution in [0.2, 0.25) is 5.02 Å². The molecule has 18 heteroatoms. The number of rotatable bonds is 16. The summed E-state index contributed by atoms with van der Waals surface area (Å²) in [7, 11) is 0. The molecule has 0 aliphatic carbocycles. The van der Waals surface area contributed by atoms with E-state index in [-0.39, 0.29) is 54.9 Å². The SMILES string of the molecule is C.CC(CN1CCCC1)CN1Cc2cc3c(cc2C1=O)CC(c1c(Cl)cc[nH]c1=O)=N3.Cc1ccsc1C[C@H](C)N.Cc1ccsc1C[C@H](C)Nc1cc[nH]c(=O)c1C1=Nc2cc3c(cc2C1)C(=O)N(CC(C)CN1CCCC1)C3.Cl. The van der Waals surface area contributed by atoms with Crippen molar-refractivity contribution < 1.29 is 9.59 Å². The molecule has 81 heavy (non-hydrogen) atoms. The van der Waals surface area contributed by atoms with Crippen molar-refractivity contribution in [1.82, 2.24) is 29.6 Å². The van der Waals surface area contributed by atoms with Crippen LogP contribution in [0.5, 0.6) is 0 Å². The molecule has 0 radical (unpaired) electrons. The number of hydrogen-bond acceptors (Lipinski definition) is 12. The molecule has 2 fully saturated rings. The number of aromatic amines is 2. The second-order valence-electron chi connectivity index (χ2n) is 23.0. The van der Waals surface area contributed by atoms with Gasteiger partial charge in [-0.1, -0.05) is 32.9 Å². The number of thiophene rings is 2. The van der Waals surface area contributed by atoms with E-state index in [1.807, 2.05) is 41.0 Å². The van der Waals surface area contributed by atoms with E-state index in [2.05, 4.69) is 93.7 Å². The molecular weight excluding hydrogens is 1100 g/mol. The molecule has 14 nitrogen and oxygen atoms in total. The smallest absolute Gasteiger partial charge is 0.259 e. The van der Waals surface area contributed by atoms with Gasteiger partial charge in [-0.15, -0.1) is 35.1 Å². The number of halogens is 2. The van der Waals surface area contributed by atoms with Crippen molar-refractivity contribution in [2.75, 3.05) is 57.7 Å². The summed E-state index contributed by atoms with van der Waals surface area (Å²) in [6.45, 7) is 22.6. The van der Waals surface area contributed by atoms with Gasteiger partial charge in [-0.25, -0.2) is 0 Å². The van der Waals surface area contributed by atoms with E-state index < -0.39 is 0 Å². The number of aryl methyl sites for hydroxylation is 2. The van der Waals surface area contributed by atoms with Crippen LogP contribution in [-0.2, 0) is 38.8 Å². The number of carbonyl (C=O) groups excluding carboxylic acids is 2. The molecule has 2 saturated heterocycles. The fourth-order valence-electron chi connectivity index (χ4n) is 12.1. The van der Waals surface area contributed by atoms with Gasteiger partial charge in [0, 0.05) is 104 Å². The third kappa shape index (κ3) is 14.4. The lowest BCUT2D eigenvalue weighted by atomic mass is 10.00. The van der Waals surface area contributed by atoms with Crippen molar-refractivity contribution in [3.05, 3.63) is 163 Å². The van der Waals surface area contributed by atoms with Gasteiger partial charge in [0.1, 0.15) is 0 Å². The highest BCUT2D eigenvalue weighted by atomic mass is 35.5. The Hall–Kier alpha value is -5.72. The van der Waals surface area contributed by atoms with Gasteiger partial charge < -0.3 is 40.6 Å². The first kappa shape index (κ1) is 61.4. The number of nitrogens with one attached hydrogen (secondary N) is 3. The second kappa shape index (κ2) is 27.1. The van der Waals surface area contributed by atoms with E-state index >= 15 is 0 Å². The number of benzene rings is 2. The highest BCUT2D eigenvalue weighted by Crippen LogP contribution is 2.38. The van der Waals surface area contributed by atoms with Crippen LogP contribution in [-0.4, -0.2) is 117 Å². The van der Waals surface area contributed by atoms with E-state index in [9.17, 15) is 19.2 Å². The number of nitrogens with two attached hydrogens (primary N) is 1. The van der Waals surface area contributed by atoms with Crippen molar-refractivity contribution in [2.24, 2.45) is 27.6 Å². The number of hydrogen-bond donors (Lipinski definition) is 4. The number of anilines is 1. The molecule has 0 bridgehead atoms. The Morgan fingerprint density at radius 1 is 0.630 bits per heavy atom. The van der Waals surface area contributed by atoms with Crippen LogP contribution in [0.15, 0.2) is 91.3 Å². The zero-order chi connectivity index (χ0) is 55.5. The summed E-state index contributed by atoms with van der Waals surface area (Å²) in [6, 6.07) is 16.4. The monoisotopic (exact) mass is 1170 g/mol. The van der Waals surface area contributed by atoms with Gasteiger partial charge >= 0.3 is 0 Å². The van der Waals surface area contributed by atoms with Crippen LogP contribution in [0.25, 0.3) is 0 Å². The quantitative estimate of drug-likeness (QED) is 0.0740. The number of carbonyl (C=O) groups is 2. The lowest BCUT2D eigenvalue weighted by Gasteiger charge is -2.24. The lowest BCUT2D eigenvalue weighted by Crippen LogP contribution is -2.34. The van der Waals surface area contributed by atoms with Gasteiger partial charge in [-0.2, -0.15) is 0 Å². The number of likely N-dealkylation sites (tertiary alicyclic amines) is 2. The van der Waals surface area contributed by atoms with Crippen LogP contribution in [0, 0.1) is 25.7 Å². The standard InChI is InChI=1S/C31H37N5O2S.C23H25ClN4O2.C8H13NS.CH4.ClH/c1-19(16-35-9-4-5-10-35)17-36-18-23-15-26-22(13-24(23)31(36)38)14-27(34-26)29-25(6-8-32-30(29)37)33-21(3)12-28-20(2)7-11-39-28;1-14(11-27-6-2-3-7-27)12-28-13-16-10-19-15(8-17(16)23(28)30)9-20(26-19)21-18(24)4-5-25-22(21)29;1-6-3-4-10-8(6)5-7(2)9;;/h6-8,11,13,15,19,21H,4-5,9-10,12,14,16-18H2,1-3H3,(H2,32,33,37);4-5,8,10,14H,2-3,6-7,9,11-13H2,1H3,(H,25,29);3-4,7H,5,9H2,1-2H3;1H4;1H/t19?,21-;;7-;;/m0.0../s1. The fourth-order valence-corrected chi connectivity index (χ4v) is 14.5. The Kier molecular flexibility index (Phi) is 20.5. The third-order valence-corrected chi connectivity index (χ3v) is 18.4. The molecule has 0 spiro atoms. The van der Waals surface area contributed by atoms with Crippen molar-refractivity contribution in [1.29, 1.82) is 0 Å². The van der Waals surface area contributed by atoms with E-state index in [0.29, 0.717) is 59.6 Å². The molecule has 4 atom stereocenters. The van der Waals surface area contributed by atoms with Crippen LogP contribution in [0.3, 0.4) is 0 Å². The van der Waals surface area contributed by atoms with Crippen LogP contribution >= 0.6 is 46.7 Å². The molecule has 6 aliphatic rings. The van der Waals surface area contributed by atoms with E-state index in [4.69, 9.17) is 22.3 Å². The summed E-state index contributed by atoms with van der Waals surface area (Å²) in [5.74, 6) is 1.11. The molecule has 4 aromatic heterocycles. The average Bonchev–Trinajstić information content (AvgIpc) is 4.43. The van der Waals surface area contributed by atoms with E-state index in [0.717, 1.165) is 95.2 Å². The summed E-state index contributed by atoms with van der Waals surface area (Å²) in [6.07, 6.45) is 11.3. The minimum atomic E-state index is -0.240. The van der Waals surface area contributed by atoms with Crippen molar-refractivity contribution >= 4 is 87.0 Å². The van der Waals surface area contributed by atoms with Crippen LogP contribution in [0.1, 0.15) is 136 Å². The highest BCUT2D eigenvalue weighted by molar-refractivity contribution is 7.10. The number of H-pyrrole nitrogens is 2.